The lowest BCUT2D eigenvalue weighted by atomic mass is 9.86. The average molecular weight is 180 g/mol. The molecule has 0 radical (unpaired) electrons. The second-order valence-corrected chi connectivity index (χ2v) is 4.25. The molecule has 0 N–H and O–H groups in total. The van der Waals surface area contributed by atoms with Crippen LogP contribution in [0.2, 0.25) is 0 Å². The first-order valence-electron chi connectivity index (χ1n) is 5.13. The van der Waals surface area contributed by atoms with Gasteiger partial charge in [0.05, 0.1) is 12.4 Å². The third-order valence-corrected chi connectivity index (χ3v) is 2.25. The molecule has 0 heterocycles. The molecular weight excluding hydrogens is 160 g/mol. The number of hydrogen-bond donors (Lipinski definition) is 0. The standard InChI is InChI=1S/C12H20O/c1-4-13-11-8-6-5-7-9-12(2,3)10-11/h5,7,10H,4,6,8-9H2,1-3H3/b7-5-,11-10+. The van der Waals surface area contributed by atoms with Crippen LogP contribution < -0.4 is 0 Å². The first-order valence-corrected chi connectivity index (χ1v) is 5.13. The lowest BCUT2D eigenvalue weighted by Gasteiger charge is -2.22. The van der Waals surface area contributed by atoms with Gasteiger partial charge in [0.2, 0.25) is 0 Å². The van der Waals surface area contributed by atoms with Gasteiger partial charge in [-0.25, -0.2) is 0 Å². The summed E-state index contributed by atoms with van der Waals surface area (Å²) in [7, 11) is 0. The second kappa shape index (κ2) is 4.50. The molecule has 0 saturated carbocycles. The van der Waals surface area contributed by atoms with E-state index in [0.29, 0.717) is 0 Å². The van der Waals surface area contributed by atoms with E-state index in [1.807, 2.05) is 6.92 Å². The molecule has 0 aromatic rings. The van der Waals surface area contributed by atoms with Crippen LogP contribution in [0.4, 0.5) is 0 Å². The number of rotatable bonds is 2. The molecule has 0 aromatic heterocycles. The zero-order chi connectivity index (χ0) is 9.73. The van der Waals surface area contributed by atoms with Crippen LogP contribution >= 0.6 is 0 Å². The van der Waals surface area contributed by atoms with E-state index in [4.69, 9.17) is 4.74 Å². The molecule has 0 unspecified atom stereocenters. The van der Waals surface area contributed by atoms with Crippen molar-refractivity contribution in [1.29, 1.82) is 0 Å². The van der Waals surface area contributed by atoms with Gasteiger partial charge >= 0.3 is 0 Å². The van der Waals surface area contributed by atoms with E-state index in [2.05, 4.69) is 32.1 Å². The minimum Gasteiger partial charge on any atom is -0.499 e. The molecule has 0 spiro atoms. The van der Waals surface area contributed by atoms with Crippen molar-refractivity contribution in [1.82, 2.24) is 0 Å². The second-order valence-electron chi connectivity index (χ2n) is 4.25. The maximum absolute atomic E-state index is 5.58. The monoisotopic (exact) mass is 180 g/mol. The highest BCUT2D eigenvalue weighted by molar-refractivity contribution is 5.08. The summed E-state index contributed by atoms with van der Waals surface area (Å²) in [5.74, 6) is 1.16. The Hall–Kier alpha value is -0.720. The topological polar surface area (TPSA) is 9.23 Å². The lowest BCUT2D eigenvalue weighted by molar-refractivity contribution is 0.211. The van der Waals surface area contributed by atoms with Gasteiger partial charge in [-0.1, -0.05) is 26.0 Å². The highest BCUT2D eigenvalue weighted by Crippen LogP contribution is 2.28. The summed E-state index contributed by atoms with van der Waals surface area (Å²) in [4.78, 5) is 0. The van der Waals surface area contributed by atoms with E-state index in [1.165, 1.54) is 0 Å². The van der Waals surface area contributed by atoms with Crippen molar-refractivity contribution in [3.8, 4) is 0 Å². The third-order valence-electron chi connectivity index (χ3n) is 2.25. The van der Waals surface area contributed by atoms with E-state index in [9.17, 15) is 0 Å². The zero-order valence-corrected chi connectivity index (χ0v) is 8.97. The van der Waals surface area contributed by atoms with E-state index >= 15 is 0 Å². The van der Waals surface area contributed by atoms with Crippen LogP contribution in [0.15, 0.2) is 24.0 Å². The molecule has 1 aliphatic rings. The Morgan fingerprint density at radius 1 is 1.38 bits per heavy atom. The van der Waals surface area contributed by atoms with Crippen LogP contribution in [0.3, 0.4) is 0 Å². The Labute approximate surface area is 81.5 Å². The van der Waals surface area contributed by atoms with Crippen molar-refractivity contribution in [2.24, 2.45) is 5.41 Å². The molecule has 0 fully saturated rings. The van der Waals surface area contributed by atoms with Crippen LogP contribution in [-0.2, 0) is 4.74 Å². The molecule has 0 aromatic carbocycles. The average Bonchev–Trinajstić information content (AvgIpc) is 2.00. The van der Waals surface area contributed by atoms with Gasteiger partial charge < -0.3 is 4.74 Å². The number of allylic oxidation sites excluding steroid dienone is 4. The lowest BCUT2D eigenvalue weighted by Crippen LogP contribution is -2.09. The van der Waals surface area contributed by atoms with Crippen molar-refractivity contribution >= 4 is 0 Å². The van der Waals surface area contributed by atoms with E-state index in [1.54, 1.807) is 0 Å². The van der Waals surface area contributed by atoms with Crippen LogP contribution in [0.5, 0.6) is 0 Å². The van der Waals surface area contributed by atoms with Crippen molar-refractivity contribution in [2.45, 2.75) is 40.0 Å². The van der Waals surface area contributed by atoms with Crippen LogP contribution in [0, 0.1) is 5.41 Å². The molecule has 1 aliphatic carbocycles. The van der Waals surface area contributed by atoms with Crippen molar-refractivity contribution in [3.63, 3.8) is 0 Å². The molecule has 1 nitrogen and oxygen atoms in total. The first kappa shape index (κ1) is 10.4. The van der Waals surface area contributed by atoms with Crippen LogP contribution in [-0.4, -0.2) is 6.61 Å². The quantitative estimate of drug-likeness (QED) is 0.589. The minimum absolute atomic E-state index is 0.251. The molecule has 0 bridgehead atoms. The van der Waals surface area contributed by atoms with E-state index in [0.717, 1.165) is 31.6 Å². The SMILES string of the molecule is CCO/C1=C/C(C)(C)C/C=C\CC1. The van der Waals surface area contributed by atoms with Crippen LogP contribution in [0.1, 0.15) is 40.0 Å². The first-order chi connectivity index (χ1) is 6.14. The maximum Gasteiger partial charge on any atom is 0.0928 e. The summed E-state index contributed by atoms with van der Waals surface area (Å²) in [5, 5.41) is 0. The van der Waals surface area contributed by atoms with Crippen molar-refractivity contribution < 1.29 is 4.74 Å². The molecule has 0 atom stereocenters. The van der Waals surface area contributed by atoms with Gasteiger partial charge in [-0.2, -0.15) is 0 Å². The molecular formula is C12H20O. The fourth-order valence-corrected chi connectivity index (χ4v) is 1.60. The van der Waals surface area contributed by atoms with Gasteiger partial charge in [-0.3, -0.25) is 0 Å². The van der Waals surface area contributed by atoms with E-state index in [-0.39, 0.29) is 5.41 Å². The summed E-state index contributed by atoms with van der Waals surface area (Å²) < 4.78 is 5.58. The molecule has 1 rings (SSSR count). The Morgan fingerprint density at radius 3 is 2.85 bits per heavy atom. The number of hydrogen-bond acceptors (Lipinski definition) is 1. The van der Waals surface area contributed by atoms with Gasteiger partial charge in [-0.15, -0.1) is 0 Å². The minimum atomic E-state index is 0.251. The summed E-state index contributed by atoms with van der Waals surface area (Å²) in [6.45, 7) is 7.33. The fraction of sp³-hybridized carbons (Fsp3) is 0.667. The van der Waals surface area contributed by atoms with Crippen LogP contribution in [0.25, 0.3) is 0 Å². The molecule has 13 heavy (non-hydrogen) atoms. The summed E-state index contributed by atoms with van der Waals surface area (Å²) in [6, 6.07) is 0. The zero-order valence-electron chi connectivity index (χ0n) is 8.97. The predicted octanol–water partition coefficient (Wildman–Crippen LogP) is 3.67. The van der Waals surface area contributed by atoms with Gasteiger partial charge in [0, 0.05) is 6.42 Å². The summed E-state index contributed by atoms with van der Waals surface area (Å²) >= 11 is 0. The van der Waals surface area contributed by atoms with Gasteiger partial charge in [0.1, 0.15) is 0 Å². The van der Waals surface area contributed by atoms with E-state index < -0.39 is 0 Å². The highest BCUT2D eigenvalue weighted by atomic mass is 16.5. The maximum atomic E-state index is 5.58. The third kappa shape index (κ3) is 3.67. The number of ether oxygens (including phenoxy) is 1. The Bertz CT molecular complexity index is 211. The van der Waals surface area contributed by atoms with Gasteiger partial charge in [0.15, 0.2) is 0 Å². The highest BCUT2D eigenvalue weighted by Gasteiger charge is 2.15. The molecule has 1 heteroatoms. The largest absolute Gasteiger partial charge is 0.499 e. The Kier molecular flexibility index (Phi) is 3.58. The summed E-state index contributed by atoms with van der Waals surface area (Å²) in [6.07, 6.45) is 10.1. The summed E-state index contributed by atoms with van der Waals surface area (Å²) in [5.41, 5.74) is 0.251. The Morgan fingerprint density at radius 2 is 2.15 bits per heavy atom. The molecule has 0 saturated heterocycles. The molecule has 0 aliphatic heterocycles. The molecule has 74 valence electrons. The fourth-order valence-electron chi connectivity index (χ4n) is 1.60. The molecule has 0 amide bonds. The van der Waals surface area contributed by atoms with Crippen molar-refractivity contribution in [2.75, 3.05) is 6.61 Å². The van der Waals surface area contributed by atoms with Gasteiger partial charge in [-0.05, 0) is 31.3 Å². The van der Waals surface area contributed by atoms with Gasteiger partial charge in [0.25, 0.3) is 0 Å². The van der Waals surface area contributed by atoms with Crippen molar-refractivity contribution in [3.05, 3.63) is 24.0 Å². The normalized spacial score (nSPS) is 28.1. The Balaban J connectivity index is 2.69. The smallest absolute Gasteiger partial charge is 0.0928 e. The predicted molar refractivity (Wildman–Crippen MR) is 56.5 cm³/mol.